The number of nitrogens with one attached hydrogen (secondary N) is 2. The van der Waals surface area contributed by atoms with Crippen molar-refractivity contribution in [2.45, 2.75) is 24.2 Å². The molecule has 28 heavy (non-hydrogen) atoms. The Labute approximate surface area is 167 Å². The van der Waals surface area contributed by atoms with E-state index in [1.54, 1.807) is 0 Å². The molecule has 156 valence electrons. The second-order valence-electron chi connectivity index (χ2n) is 7.38. The van der Waals surface area contributed by atoms with Gasteiger partial charge in [-0.1, -0.05) is 6.07 Å². The van der Waals surface area contributed by atoms with E-state index in [0.29, 0.717) is 12.5 Å². The van der Waals surface area contributed by atoms with Crippen molar-refractivity contribution in [3.05, 3.63) is 29.8 Å². The maximum Gasteiger partial charge on any atom is 0.251 e. The second kappa shape index (κ2) is 9.99. The van der Waals surface area contributed by atoms with E-state index in [0.717, 1.165) is 36.7 Å². The van der Waals surface area contributed by atoms with Gasteiger partial charge in [-0.2, -0.15) is 0 Å². The van der Waals surface area contributed by atoms with Gasteiger partial charge in [-0.15, -0.1) is 0 Å². The molecule has 1 saturated heterocycles. The van der Waals surface area contributed by atoms with E-state index < -0.39 is 15.9 Å². The van der Waals surface area contributed by atoms with Crippen LogP contribution in [0.2, 0.25) is 0 Å². The fourth-order valence-electron chi connectivity index (χ4n) is 3.10. The summed E-state index contributed by atoms with van der Waals surface area (Å²) >= 11 is 0. The number of hydrogen-bond acceptors (Lipinski definition) is 5. The topological polar surface area (TPSA) is 98.8 Å². The van der Waals surface area contributed by atoms with Crippen molar-refractivity contribution in [3.8, 4) is 0 Å². The molecule has 0 spiro atoms. The van der Waals surface area contributed by atoms with Gasteiger partial charge in [-0.25, -0.2) is 12.7 Å². The van der Waals surface area contributed by atoms with E-state index in [4.69, 9.17) is 0 Å². The van der Waals surface area contributed by atoms with Gasteiger partial charge < -0.3 is 15.5 Å². The molecule has 0 radical (unpaired) electrons. The van der Waals surface area contributed by atoms with Gasteiger partial charge in [0.05, 0.1) is 11.4 Å². The van der Waals surface area contributed by atoms with Crippen LogP contribution in [0.25, 0.3) is 0 Å². The average molecular weight is 411 g/mol. The fraction of sp³-hybridized carbons (Fsp3) is 0.579. The van der Waals surface area contributed by atoms with Crippen LogP contribution in [-0.2, 0) is 14.8 Å². The lowest BCUT2D eigenvalue weighted by Crippen LogP contribution is -2.38. The molecular formula is C19H30N4O4S. The molecule has 2 N–H and O–H groups in total. The van der Waals surface area contributed by atoms with Crippen molar-refractivity contribution in [2.24, 2.45) is 5.92 Å². The van der Waals surface area contributed by atoms with Gasteiger partial charge in [0.25, 0.3) is 5.91 Å². The third-order valence-electron chi connectivity index (χ3n) is 5.00. The molecule has 0 saturated carbocycles. The van der Waals surface area contributed by atoms with Crippen molar-refractivity contribution in [1.29, 1.82) is 0 Å². The number of nitrogens with zero attached hydrogens (tertiary/aromatic N) is 2. The number of piperidine rings is 1. The van der Waals surface area contributed by atoms with E-state index in [2.05, 4.69) is 22.6 Å². The molecular weight excluding hydrogens is 380 g/mol. The Morgan fingerprint density at radius 2 is 1.86 bits per heavy atom. The summed E-state index contributed by atoms with van der Waals surface area (Å²) in [5, 5.41) is 5.36. The number of likely N-dealkylation sites (tertiary alicyclic amines) is 1. The van der Waals surface area contributed by atoms with E-state index in [9.17, 15) is 18.0 Å². The van der Waals surface area contributed by atoms with E-state index in [1.807, 2.05) is 0 Å². The smallest absolute Gasteiger partial charge is 0.251 e. The molecule has 0 unspecified atom stereocenters. The van der Waals surface area contributed by atoms with Gasteiger partial charge in [0, 0.05) is 26.2 Å². The first kappa shape index (κ1) is 22.3. The van der Waals surface area contributed by atoms with Crippen molar-refractivity contribution < 1.29 is 18.0 Å². The first-order chi connectivity index (χ1) is 13.2. The van der Waals surface area contributed by atoms with Gasteiger partial charge >= 0.3 is 0 Å². The molecule has 2 rings (SSSR count). The van der Waals surface area contributed by atoms with Crippen molar-refractivity contribution in [2.75, 3.05) is 47.3 Å². The molecule has 2 amide bonds. The van der Waals surface area contributed by atoms with Crippen LogP contribution in [0.5, 0.6) is 0 Å². The zero-order valence-corrected chi connectivity index (χ0v) is 17.6. The highest BCUT2D eigenvalue weighted by molar-refractivity contribution is 7.89. The quantitative estimate of drug-likeness (QED) is 0.651. The largest absolute Gasteiger partial charge is 0.355 e. The number of benzene rings is 1. The summed E-state index contributed by atoms with van der Waals surface area (Å²) in [4.78, 5) is 26.5. The Kier molecular flexibility index (Phi) is 7.97. The maximum absolute atomic E-state index is 12.2. The normalized spacial score (nSPS) is 16.1. The van der Waals surface area contributed by atoms with E-state index in [-0.39, 0.29) is 22.9 Å². The average Bonchev–Trinajstić information content (AvgIpc) is 2.67. The Morgan fingerprint density at radius 3 is 2.50 bits per heavy atom. The summed E-state index contributed by atoms with van der Waals surface area (Å²) in [5.74, 6) is -0.105. The first-order valence-corrected chi connectivity index (χ1v) is 10.9. The summed E-state index contributed by atoms with van der Waals surface area (Å²) in [6, 6.07) is 5.76. The van der Waals surface area contributed by atoms with E-state index >= 15 is 0 Å². The minimum Gasteiger partial charge on any atom is -0.355 e. The minimum atomic E-state index is -3.62. The van der Waals surface area contributed by atoms with Crippen molar-refractivity contribution in [1.82, 2.24) is 19.8 Å². The second-order valence-corrected chi connectivity index (χ2v) is 9.54. The molecule has 0 aromatic heterocycles. The van der Waals surface area contributed by atoms with Crippen molar-refractivity contribution >= 4 is 21.8 Å². The Hall–Kier alpha value is -1.97. The van der Waals surface area contributed by atoms with Gasteiger partial charge in [-0.3, -0.25) is 9.59 Å². The molecule has 1 aromatic carbocycles. The molecule has 0 atom stereocenters. The monoisotopic (exact) mass is 410 g/mol. The third kappa shape index (κ3) is 6.29. The number of amides is 2. The molecule has 1 aliphatic rings. The summed E-state index contributed by atoms with van der Waals surface area (Å²) in [7, 11) is 1.36. The molecule has 1 fully saturated rings. The minimum absolute atomic E-state index is 0.0349. The maximum atomic E-state index is 12.2. The lowest BCUT2D eigenvalue weighted by molar-refractivity contribution is -0.120. The summed E-state index contributed by atoms with van der Waals surface area (Å²) in [5.41, 5.74) is 0.196. The predicted octanol–water partition coefficient (Wildman–Crippen LogP) is 0.515. The van der Waals surface area contributed by atoms with Crippen LogP contribution in [0, 0.1) is 5.92 Å². The summed E-state index contributed by atoms with van der Waals surface area (Å²) < 4.78 is 25.4. The lowest BCUT2D eigenvalue weighted by atomic mass is 9.94. The van der Waals surface area contributed by atoms with E-state index in [1.165, 1.54) is 38.4 Å². The molecule has 1 heterocycles. The fourth-order valence-corrected chi connectivity index (χ4v) is 4.05. The number of carbonyl (C=O) groups is 2. The van der Waals surface area contributed by atoms with Crippen LogP contribution >= 0.6 is 0 Å². The zero-order chi connectivity index (χ0) is 20.7. The SMILES string of the molecule is CN1CCC(CCNC(=O)CNC(=O)c2cccc(S(=O)(=O)N(C)C)c2)CC1. The van der Waals surface area contributed by atoms with Crippen LogP contribution in [-0.4, -0.2) is 76.8 Å². The number of hydrogen-bond donors (Lipinski definition) is 2. The zero-order valence-electron chi connectivity index (χ0n) is 16.8. The van der Waals surface area contributed by atoms with Gasteiger partial charge in [0.15, 0.2) is 0 Å². The van der Waals surface area contributed by atoms with Gasteiger partial charge in [0.2, 0.25) is 15.9 Å². The van der Waals surface area contributed by atoms with Gasteiger partial charge in [-0.05, 0) is 63.5 Å². The molecule has 9 heteroatoms. The van der Waals surface area contributed by atoms with Crippen LogP contribution in [0.1, 0.15) is 29.6 Å². The molecule has 0 aliphatic carbocycles. The Balaban J connectivity index is 1.78. The highest BCUT2D eigenvalue weighted by Gasteiger charge is 2.19. The highest BCUT2D eigenvalue weighted by Crippen LogP contribution is 2.18. The van der Waals surface area contributed by atoms with Crippen LogP contribution in [0.15, 0.2) is 29.2 Å². The Morgan fingerprint density at radius 1 is 1.18 bits per heavy atom. The number of rotatable bonds is 8. The standard InChI is InChI=1S/C19H30N4O4S/c1-22(2)28(26,27)17-6-4-5-16(13-17)19(25)21-14-18(24)20-10-7-15-8-11-23(3)12-9-15/h4-6,13,15H,7-12,14H2,1-3H3,(H,20,24)(H,21,25). The number of sulfonamides is 1. The van der Waals surface area contributed by atoms with Gasteiger partial charge in [0.1, 0.15) is 0 Å². The van der Waals surface area contributed by atoms with Crippen LogP contribution in [0.4, 0.5) is 0 Å². The predicted molar refractivity (Wildman–Crippen MR) is 107 cm³/mol. The first-order valence-electron chi connectivity index (χ1n) is 9.46. The summed E-state index contributed by atoms with van der Waals surface area (Å²) in [6.07, 6.45) is 3.24. The molecule has 0 bridgehead atoms. The number of carbonyl (C=O) groups excluding carboxylic acids is 2. The summed E-state index contributed by atoms with van der Waals surface area (Å²) in [6.45, 7) is 2.64. The highest BCUT2D eigenvalue weighted by atomic mass is 32.2. The lowest BCUT2D eigenvalue weighted by Gasteiger charge is -2.28. The van der Waals surface area contributed by atoms with Crippen molar-refractivity contribution in [3.63, 3.8) is 0 Å². The third-order valence-corrected chi connectivity index (χ3v) is 6.81. The van der Waals surface area contributed by atoms with Crippen LogP contribution in [0.3, 0.4) is 0 Å². The van der Waals surface area contributed by atoms with Crippen LogP contribution < -0.4 is 10.6 Å². The molecule has 1 aliphatic heterocycles. The Bertz CT molecular complexity index is 787. The molecule has 8 nitrogen and oxygen atoms in total. The molecule has 1 aromatic rings.